The van der Waals surface area contributed by atoms with Crippen LogP contribution in [-0.2, 0) is 7.05 Å². The SMILES string of the molecule is Cc1sc(NC(=O)c2cnn(C)c2C)c(C(=O)O)c1C. The molecule has 20 heavy (non-hydrogen) atoms. The number of aromatic carboxylic acids is 1. The summed E-state index contributed by atoms with van der Waals surface area (Å²) in [5, 5.41) is 16.3. The van der Waals surface area contributed by atoms with E-state index in [2.05, 4.69) is 10.4 Å². The number of thiophene rings is 1. The summed E-state index contributed by atoms with van der Waals surface area (Å²) in [4.78, 5) is 24.4. The summed E-state index contributed by atoms with van der Waals surface area (Å²) in [5.74, 6) is -1.38. The van der Waals surface area contributed by atoms with Crippen molar-refractivity contribution in [2.75, 3.05) is 5.32 Å². The second-order valence-corrected chi connectivity index (χ2v) is 5.74. The van der Waals surface area contributed by atoms with E-state index in [4.69, 9.17) is 0 Å². The molecule has 0 unspecified atom stereocenters. The van der Waals surface area contributed by atoms with Crippen LogP contribution in [0.15, 0.2) is 6.20 Å². The summed E-state index contributed by atoms with van der Waals surface area (Å²) in [6, 6.07) is 0. The van der Waals surface area contributed by atoms with Gasteiger partial charge in [0.05, 0.1) is 17.3 Å². The Labute approximate surface area is 120 Å². The third-order valence-corrected chi connectivity index (χ3v) is 4.43. The highest BCUT2D eigenvalue weighted by atomic mass is 32.1. The first-order valence-corrected chi connectivity index (χ1v) is 6.77. The lowest BCUT2D eigenvalue weighted by molar-refractivity contribution is 0.0697. The van der Waals surface area contributed by atoms with Crippen molar-refractivity contribution in [1.29, 1.82) is 0 Å². The number of amides is 1. The van der Waals surface area contributed by atoms with E-state index < -0.39 is 5.97 Å². The summed E-state index contributed by atoms with van der Waals surface area (Å²) in [7, 11) is 1.74. The normalized spacial score (nSPS) is 10.6. The number of carbonyl (C=O) groups is 2. The molecule has 0 fully saturated rings. The molecular formula is C13H15N3O3S. The minimum atomic E-state index is -1.04. The van der Waals surface area contributed by atoms with Crippen LogP contribution in [0.25, 0.3) is 0 Å². The van der Waals surface area contributed by atoms with Crippen molar-refractivity contribution < 1.29 is 14.7 Å². The molecule has 2 aromatic heterocycles. The third kappa shape index (κ3) is 2.32. The third-order valence-electron chi connectivity index (χ3n) is 3.31. The Morgan fingerprint density at radius 2 is 2.00 bits per heavy atom. The van der Waals surface area contributed by atoms with Gasteiger partial charge < -0.3 is 10.4 Å². The lowest BCUT2D eigenvalue weighted by Crippen LogP contribution is -2.14. The molecule has 6 nitrogen and oxygen atoms in total. The molecule has 0 aliphatic heterocycles. The molecule has 0 radical (unpaired) electrons. The number of aryl methyl sites for hydroxylation is 2. The highest BCUT2D eigenvalue weighted by molar-refractivity contribution is 7.16. The number of carboxylic acid groups (broad SMARTS) is 1. The van der Waals surface area contributed by atoms with E-state index in [-0.39, 0.29) is 11.5 Å². The Bertz CT molecular complexity index is 700. The van der Waals surface area contributed by atoms with Crippen molar-refractivity contribution in [2.24, 2.45) is 7.05 Å². The number of hydrogen-bond acceptors (Lipinski definition) is 4. The highest BCUT2D eigenvalue weighted by Crippen LogP contribution is 2.32. The molecule has 2 aromatic rings. The Morgan fingerprint density at radius 1 is 1.35 bits per heavy atom. The van der Waals surface area contributed by atoms with Crippen LogP contribution in [0.4, 0.5) is 5.00 Å². The van der Waals surface area contributed by atoms with Gasteiger partial charge in [-0.25, -0.2) is 4.79 Å². The number of anilines is 1. The molecule has 0 atom stereocenters. The summed E-state index contributed by atoms with van der Waals surface area (Å²) in [6.07, 6.45) is 1.47. The average molecular weight is 293 g/mol. The zero-order valence-corrected chi connectivity index (χ0v) is 12.5. The quantitative estimate of drug-likeness (QED) is 0.909. The van der Waals surface area contributed by atoms with Crippen molar-refractivity contribution >= 4 is 28.2 Å². The van der Waals surface area contributed by atoms with Crippen molar-refractivity contribution in [1.82, 2.24) is 9.78 Å². The van der Waals surface area contributed by atoms with Crippen LogP contribution in [0.2, 0.25) is 0 Å². The largest absolute Gasteiger partial charge is 0.478 e. The molecule has 0 aliphatic rings. The number of aromatic nitrogens is 2. The van der Waals surface area contributed by atoms with Crippen LogP contribution in [0.1, 0.15) is 36.9 Å². The number of carbonyl (C=O) groups excluding carboxylic acids is 1. The second-order valence-electron chi connectivity index (χ2n) is 4.51. The number of nitrogens with one attached hydrogen (secondary N) is 1. The van der Waals surface area contributed by atoms with Gasteiger partial charge in [-0.1, -0.05) is 0 Å². The Kier molecular flexibility index (Phi) is 3.63. The van der Waals surface area contributed by atoms with E-state index in [0.29, 0.717) is 16.1 Å². The Morgan fingerprint density at radius 3 is 2.50 bits per heavy atom. The lowest BCUT2D eigenvalue weighted by Gasteiger charge is -2.04. The monoisotopic (exact) mass is 293 g/mol. The number of rotatable bonds is 3. The number of carboxylic acids is 1. The molecule has 0 aromatic carbocycles. The van der Waals surface area contributed by atoms with Gasteiger partial charge >= 0.3 is 5.97 Å². The molecule has 7 heteroatoms. The second kappa shape index (κ2) is 5.09. The topological polar surface area (TPSA) is 84.2 Å². The van der Waals surface area contributed by atoms with Gasteiger partial charge in [0.2, 0.25) is 0 Å². The predicted octanol–water partition coefficient (Wildman–Crippen LogP) is 2.36. The number of nitrogens with zero attached hydrogens (tertiary/aromatic N) is 2. The molecule has 0 saturated heterocycles. The fraction of sp³-hybridized carbons (Fsp3) is 0.308. The maximum absolute atomic E-state index is 12.2. The minimum Gasteiger partial charge on any atom is -0.478 e. The van der Waals surface area contributed by atoms with Crippen LogP contribution in [0.3, 0.4) is 0 Å². The van der Waals surface area contributed by atoms with Crippen LogP contribution in [0, 0.1) is 20.8 Å². The first kappa shape index (κ1) is 14.3. The Balaban J connectivity index is 2.36. The van der Waals surface area contributed by atoms with E-state index >= 15 is 0 Å². The lowest BCUT2D eigenvalue weighted by atomic mass is 10.1. The zero-order valence-electron chi connectivity index (χ0n) is 11.6. The highest BCUT2D eigenvalue weighted by Gasteiger charge is 2.22. The molecule has 0 saturated carbocycles. The summed E-state index contributed by atoms with van der Waals surface area (Å²) >= 11 is 1.26. The molecule has 0 bridgehead atoms. The smallest absolute Gasteiger partial charge is 0.338 e. The van der Waals surface area contributed by atoms with Crippen LogP contribution < -0.4 is 5.32 Å². The van der Waals surface area contributed by atoms with Crippen molar-refractivity contribution in [3.05, 3.63) is 33.5 Å². The maximum atomic E-state index is 12.2. The minimum absolute atomic E-state index is 0.155. The summed E-state index contributed by atoms with van der Waals surface area (Å²) < 4.78 is 1.60. The summed E-state index contributed by atoms with van der Waals surface area (Å²) in [5.41, 5.74) is 2.00. The number of hydrogen-bond donors (Lipinski definition) is 2. The van der Waals surface area contributed by atoms with Gasteiger partial charge in [0, 0.05) is 17.6 Å². The van der Waals surface area contributed by atoms with Gasteiger partial charge in [-0.3, -0.25) is 9.48 Å². The molecule has 2 N–H and O–H groups in total. The molecule has 106 valence electrons. The van der Waals surface area contributed by atoms with E-state index in [1.54, 1.807) is 25.6 Å². The molecule has 0 spiro atoms. The molecule has 2 heterocycles. The first-order chi connectivity index (χ1) is 9.32. The molecule has 2 rings (SSSR count). The molecule has 1 amide bonds. The van der Waals surface area contributed by atoms with E-state index in [9.17, 15) is 14.7 Å². The van der Waals surface area contributed by atoms with Gasteiger partial charge in [-0.05, 0) is 26.3 Å². The van der Waals surface area contributed by atoms with E-state index in [1.165, 1.54) is 17.5 Å². The summed E-state index contributed by atoms with van der Waals surface area (Å²) in [6.45, 7) is 5.35. The fourth-order valence-corrected chi connectivity index (χ4v) is 2.91. The van der Waals surface area contributed by atoms with Crippen LogP contribution >= 0.6 is 11.3 Å². The Hall–Kier alpha value is -2.15. The van der Waals surface area contributed by atoms with Crippen molar-refractivity contribution in [2.45, 2.75) is 20.8 Å². The first-order valence-electron chi connectivity index (χ1n) is 5.96. The predicted molar refractivity (Wildman–Crippen MR) is 76.7 cm³/mol. The van der Waals surface area contributed by atoms with Gasteiger partial charge in [0.1, 0.15) is 5.00 Å². The van der Waals surface area contributed by atoms with Crippen molar-refractivity contribution in [3.8, 4) is 0 Å². The van der Waals surface area contributed by atoms with Gasteiger partial charge in [-0.2, -0.15) is 5.10 Å². The average Bonchev–Trinajstić information content (AvgIpc) is 2.82. The van der Waals surface area contributed by atoms with Crippen LogP contribution in [0.5, 0.6) is 0 Å². The standard InChI is InChI=1S/C13H15N3O3S/c1-6-8(3)20-12(10(6)13(18)19)15-11(17)9-5-14-16(4)7(9)2/h5H,1-4H3,(H,15,17)(H,18,19). The molecule has 0 aliphatic carbocycles. The van der Waals surface area contributed by atoms with Gasteiger partial charge in [0.15, 0.2) is 0 Å². The maximum Gasteiger partial charge on any atom is 0.338 e. The van der Waals surface area contributed by atoms with E-state index in [0.717, 1.165) is 10.6 Å². The van der Waals surface area contributed by atoms with Crippen LogP contribution in [-0.4, -0.2) is 26.8 Å². The van der Waals surface area contributed by atoms with Gasteiger partial charge in [0.25, 0.3) is 5.91 Å². The van der Waals surface area contributed by atoms with E-state index in [1.807, 2.05) is 6.92 Å². The van der Waals surface area contributed by atoms with Crippen molar-refractivity contribution in [3.63, 3.8) is 0 Å². The zero-order chi connectivity index (χ0) is 15.0. The van der Waals surface area contributed by atoms with Gasteiger partial charge in [-0.15, -0.1) is 11.3 Å². The fourth-order valence-electron chi connectivity index (χ4n) is 1.86. The molecular weight excluding hydrogens is 278 g/mol.